The number of dihydropyridines is 1. The van der Waals surface area contributed by atoms with E-state index in [9.17, 15) is 29.9 Å². The summed E-state index contributed by atoms with van der Waals surface area (Å²) in [4.78, 5) is 37.0. The van der Waals surface area contributed by atoms with Gasteiger partial charge in [-0.05, 0) is 32.3 Å². The Bertz CT molecular complexity index is 1020. The summed E-state index contributed by atoms with van der Waals surface area (Å²) in [5.74, 6) is -2.44. The molecule has 0 spiro atoms. The van der Waals surface area contributed by atoms with E-state index < -0.39 is 34.5 Å². The minimum Gasteiger partial charge on any atom is -0.466 e. The molecule has 1 heterocycles. The SMILES string of the molecule is CCCC(CCC)(COC(=O)C1=C(C)NC(C)=C(C(=O)OC)C1c1cccc([N+](=O)[O-])c1)C(O)O. The number of esters is 2. The molecule has 10 nitrogen and oxygen atoms in total. The number of carbonyl (C=O) groups excluding carboxylic acids is 2. The molecule has 192 valence electrons. The Balaban J connectivity index is 2.55. The number of nitrogens with zero attached hydrogens (tertiary/aromatic N) is 1. The van der Waals surface area contributed by atoms with E-state index in [2.05, 4.69) is 5.32 Å². The van der Waals surface area contributed by atoms with Gasteiger partial charge in [0.2, 0.25) is 0 Å². The van der Waals surface area contributed by atoms with Gasteiger partial charge in [-0.2, -0.15) is 0 Å². The Morgan fingerprint density at radius 3 is 2.17 bits per heavy atom. The van der Waals surface area contributed by atoms with Crippen LogP contribution in [0.4, 0.5) is 5.69 Å². The van der Waals surface area contributed by atoms with Crippen LogP contribution in [0.15, 0.2) is 46.8 Å². The molecule has 1 aromatic rings. The van der Waals surface area contributed by atoms with E-state index in [4.69, 9.17) is 9.47 Å². The van der Waals surface area contributed by atoms with Crippen LogP contribution in [0.5, 0.6) is 0 Å². The first-order valence-corrected chi connectivity index (χ1v) is 11.6. The standard InChI is InChI=1S/C25H34N2O8/c1-6-11-25(12-7-2,24(30)31)14-35-23(29)20-16(4)26-15(3)19(22(28)34-5)21(20)17-9-8-10-18(13-17)27(32)33/h8-10,13,21,24,26,30-31H,6-7,11-12,14H2,1-5H3. The molecule has 35 heavy (non-hydrogen) atoms. The first-order valence-electron chi connectivity index (χ1n) is 11.6. The summed E-state index contributed by atoms with van der Waals surface area (Å²) in [6, 6.07) is 5.70. The number of rotatable bonds is 11. The number of methoxy groups -OCH3 is 1. The summed E-state index contributed by atoms with van der Waals surface area (Å²) in [7, 11) is 1.21. The van der Waals surface area contributed by atoms with Crippen molar-refractivity contribution in [1.29, 1.82) is 0 Å². The first kappa shape index (κ1) is 28.0. The molecular formula is C25H34N2O8. The highest BCUT2D eigenvalue weighted by Gasteiger charge is 2.41. The van der Waals surface area contributed by atoms with Crippen molar-refractivity contribution >= 4 is 17.6 Å². The fraction of sp³-hybridized carbons (Fsp3) is 0.520. The maximum Gasteiger partial charge on any atom is 0.336 e. The number of nitro groups is 1. The fourth-order valence-electron chi connectivity index (χ4n) is 4.68. The third kappa shape index (κ3) is 6.07. The molecule has 0 fully saturated rings. The molecule has 0 saturated heterocycles. The van der Waals surface area contributed by atoms with E-state index in [1.165, 1.54) is 25.3 Å². The van der Waals surface area contributed by atoms with Crippen molar-refractivity contribution in [3.8, 4) is 0 Å². The monoisotopic (exact) mass is 490 g/mol. The summed E-state index contributed by atoms with van der Waals surface area (Å²) >= 11 is 0. The second-order valence-corrected chi connectivity index (χ2v) is 8.79. The van der Waals surface area contributed by atoms with Crippen LogP contribution in [0.2, 0.25) is 0 Å². The van der Waals surface area contributed by atoms with Crippen molar-refractivity contribution in [1.82, 2.24) is 5.32 Å². The number of carbonyl (C=O) groups is 2. The van der Waals surface area contributed by atoms with Gasteiger partial charge < -0.3 is 25.0 Å². The van der Waals surface area contributed by atoms with Gasteiger partial charge in [-0.25, -0.2) is 9.59 Å². The summed E-state index contributed by atoms with van der Waals surface area (Å²) in [5.41, 5.74) is 0.196. The lowest BCUT2D eigenvalue weighted by molar-refractivity contribution is -0.384. The number of aliphatic hydroxyl groups is 2. The minimum absolute atomic E-state index is 0.0887. The molecule has 1 aliphatic rings. The van der Waals surface area contributed by atoms with Gasteiger partial charge in [0.25, 0.3) is 5.69 Å². The number of nitro benzene ring substituents is 1. The predicted molar refractivity (Wildman–Crippen MR) is 128 cm³/mol. The number of hydrogen-bond donors (Lipinski definition) is 3. The minimum atomic E-state index is -1.69. The molecular weight excluding hydrogens is 456 g/mol. The van der Waals surface area contributed by atoms with E-state index in [-0.39, 0.29) is 23.4 Å². The molecule has 0 bridgehead atoms. The number of non-ortho nitro benzene ring substituents is 1. The van der Waals surface area contributed by atoms with Crippen LogP contribution in [-0.2, 0) is 19.1 Å². The largest absolute Gasteiger partial charge is 0.466 e. The summed E-state index contributed by atoms with van der Waals surface area (Å²) in [5, 5.41) is 34.6. The molecule has 0 aromatic heterocycles. The number of hydrogen-bond acceptors (Lipinski definition) is 9. The highest BCUT2D eigenvalue weighted by Crippen LogP contribution is 2.41. The molecule has 0 saturated carbocycles. The Morgan fingerprint density at radius 2 is 1.69 bits per heavy atom. The highest BCUT2D eigenvalue weighted by molar-refractivity contribution is 5.99. The molecule has 0 amide bonds. The van der Waals surface area contributed by atoms with Crippen LogP contribution in [0.3, 0.4) is 0 Å². The van der Waals surface area contributed by atoms with E-state index >= 15 is 0 Å². The van der Waals surface area contributed by atoms with Gasteiger partial charge in [-0.3, -0.25) is 10.1 Å². The van der Waals surface area contributed by atoms with Gasteiger partial charge >= 0.3 is 11.9 Å². The number of benzene rings is 1. The molecule has 0 aliphatic carbocycles. The molecule has 10 heteroatoms. The summed E-state index contributed by atoms with van der Waals surface area (Å²) < 4.78 is 10.6. The van der Waals surface area contributed by atoms with Crippen molar-refractivity contribution in [2.45, 2.75) is 65.6 Å². The van der Waals surface area contributed by atoms with E-state index in [0.29, 0.717) is 42.6 Å². The average Bonchev–Trinajstić information content (AvgIpc) is 2.81. The normalized spacial score (nSPS) is 16.3. The molecule has 3 N–H and O–H groups in total. The Morgan fingerprint density at radius 1 is 1.11 bits per heavy atom. The third-order valence-corrected chi connectivity index (χ3v) is 6.33. The van der Waals surface area contributed by atoms with Gasteiger partial charge in [0, 0.05) is 23.5 Å². The Hall–Kier alpha value is -3.24. The van der Waals surface area contributed by atoms with Crippen LogP contribution >= 0.6 is 0 Å². The molecule has 0 radical (unpaired) electrons. The van der Waals surface area contributed by atoms with Crippen molar-refractivity contribution in [3.05, 3.63) is 62.5 Å². The van der Waals surface area contributed by atoms with Gasteiger partial charge in [-0.15, -0.1) is 0 Å². The topological polar surface area (TPSA) is 148 Å². The Labute approximate surface area is 204 Å². The van der Waals surface area contributed by atoms with E-state index in [0.717, 1.165) is 0 Å². The van der Waals surface area contributed by atoms with Crippen LogP contribution in [-0.4, -0.2) is 47.1 Å². The average molecular weight is 491 g/mol. The zero-order valence-corrected chi connectivity index (χ0v) is 20.8. The van der Waals surface area contributed by atoms with Crippen LogP contribution < -0.4 is 5.32 Å². The van der Waals surface area contributed by atoms with Crippen molar-refractivity contribution in [3.63, 3.8) is 0 Å². The highest BCUT2D eigenvalue weighted by atomic mass is 16.6. The Kier molecular flexibility index (Phi) is 9.55. The van der Waals surface area contributed by atoms with Gasteiger partial charge in [0.1, 0.15) is 6.61 Å². The van der Waals surface area contributed by atoms with E-state index in [1.54, 1.807) is 19.9 Å². The van der Waals surface area contributed by atoms with Gasteiger partial charge in [0.05, 0.1) is 34.5 Å². The second-order valence-electron chi connectivity index (χ2n) is 8.79. The number of ether oxygens (including phenoxy) is 2. The van der Waals surface area contributed by atoms with Crippen molar-refractivity contribution < 1.29 is 34.2 Å². The van der Waals surface area contributed by atoms with E-state index in [1.807, 2.05) is 13.8 Å². The third-order valence-electron chi connectivity index (χ3n) is 6.33. The zero-order chi connectivity index (χ0) is 26.3. The summed E-state index contributed by atoms with van der Waals surface area (Å²) in [6.45, 7) is 6.87. The van der Waals surface area contributed by atoms with Crippen molar-refractivity contribution in [2.24, 2.45) is 5.41 Å². The van der Waals surface area contributed by atoms with Gasteiger partial charge in [0.15, 0.2) is 6.29 Å². The van der Waals surface area contributed by atoms with Crippen LogP contribution in [0.1, 0.15) is 64.9 Å². The van der Waals surface area contributed by atoms with Crippen molar-refractivity contribution in [2.75, 3.05) is 13.7 Å². The maximum absolute atomic E-state index is 13.5. The number of allylic oxidation sites excluding steroid dienone is 2. The van der Waals surface area contributed by atoms with Crippen LogP contribution in [0, 0.1) is 15.5 Å². The molecule has 1 aliphatic heterocycles. The maximum atomic E-state index is 13.5. The lowest BCUT2D eigenvalue weighted by Gasteiger charge is -2.35. The molecule has 1 aromatic carbocycles. The number of nitrogens with one attached hydrogen (secondary N) is 1. The molecule has 1 unspecified atom stereocenters. The lowest BCUT2D eigenvalue weighted by Crippen LogP contribution is -2.41. The predicted octanol–water partition coefficient (Wildman–Crippen LogP) is 3.44. The summed E-state index contributed by atoms with van der Waals surface area (Å²) in [6.07, 6.45) is 0.493. The quantitative estimate of drug-likeness (QED) is 0.183. The number of aliphatic hydroxyl groups excluding tert-OH is 1. The smallest absolute Gasteiger partial charge is 0.336 e. The second kappa shape index (κ2) is 11.9. The first-order chi connectivity index (χ1) is 16.5. The van der Waals surface area contributed by atoms with Crippen LogP contribution in [0.25, 0.3) is 0 Å². The van der Waals surface area contributed by atoms with Gasteiger partial charge in [-0.1, -0.05) is 38.8 Å². The molecule has 2 rings (SSSR count). The fourth-order valence-corrected chi connectivity index (χ4v) is 4.68. The molecule has 1 atom stereocenters. The lowest BCUT2D eigenvalue weighted by atomic mass is 9.78. The zero-order valence-electron chi connectivity index (χ0n) is 20.8.